The maximum absolute atomic E-state index is 3.87. The Morgan fingerprint density at radius 1 is 1.08 bits per heavy atom. The van der Waals surface area contributed by atoms with Gasteiger partial charge in [-0.05, 0) is 37.5 Å². The summed E-state index contributed by atoms with van der Waals surface area (Å²) in [4.78, 5) is 0. The zero-order valence-electron chi connectivity index (χ0n) is 8.78. The number of rotatable bonds is 1. The molecule has 0 saturated heterocycles. The monoisotopic (exact) mass is 162 g/mol. The molecule has 0 radical (unpaired) electrons. The van der Waals surface area contributed by atoms with Crippen LogP contribution in [0.1, 0.15) is 34.6 Å². The van der Waals surface area contributed by atoms with Crippen LogP contribution in [0.4, 0.5) is 0 Å². The van der Waals surface area contributed by atoms with E-state index in [9.17, 15) is 0 Å². The largest absolute Gasteiger partial charge is 0.0987 e. The second-order valence-corrected chi connectivity index (χ2v) is 4.12. The van der Waals surface area contributed by atoms with E-state index in [1.54, 1.807) is 0 Å². The zero-order valence-corrected chi connectivity index (χ0v) is 8.78. The van der Waals surface area contributed by atoms with Crippen LogP contribution in [0.3, 0.4) is 0 Å². The quantitative estimate of drug-likeness (QED) is 0.549. The summed E-state index contributed by atoms with van der Waals surface area (Å²) < 4.78 is 0. The van der Waals surface area contributed by atoms with E-state index in [-0.39, 0.29) is 5.41 Å². The third-order valence-corrected chi connectivity index (χ3v) is 3.34. The summed E-state index contributed by atoms with van der Waals surface area (Å²) in [5.74, 6) is 0. The molecule has 0 saturated carbocycles. The van der Waals surface area contributed by atoms with Crippen molar-refractivity contribution < 1.29 is 0 Å². The van der Waals surface area contributed by atoms with Crippen molar-refractivity contribution in [3.63, 3.8) is 0 Å². The van der Waals surface area contributed by atoms with Crippen molar-refractivity contribution in [1.29, 1.82) is 0 Å². The lowest BCUT2D eigenvalue weighted by molar-refractivity contribution is 0.561. The highest BCUT2D eigenvalue weighted by atomic mass is 14.4. The normalized spacial score (nSPS) is 22.1. The number of hydrogen-bond acceptors (Lipinski definition) is 0. The molecule has 0 heteroatoms. The van der Waals surface area contributed by atoms with Gasteiger partial charge in [-0.2, -0.15) is 0 Å². The van der Waals surface area contributed by atoms with Crippen LogP contribution in [-0.4, -0.2) is 0 Å². The summed E-state index contributed by atoms with van der Waals surface area (Å²) in [6, 6.07) is 0. The average Bonchev–Trinajstić information content (AvgIpc) is 2.13. The van der Waals surface area contributed by atoms with Gasteiger partial charge < -0.3 is 0 Å². The second kappa shape index (κ2) is 2.62. The lowest BCUT2D eigenvalue weighted by Gasteiger charge is -2.23. The Balaban J connectivity index is 3.33. The summed E-state index contributed by atoms with van der Waals surface area (Å²) in [5, 5.41) is 0. The summed E-state index contributed by atoms with van der Waals surface area (Å²) in [6.45, 7) is 15.0. The van der Waals surface area contributed by atoms with Gasteiger partial charge in [0.1, 0.15) is 0 Å². The van der Waals surface area contributed by atoms with Crippen LogP contribution < -0.4 is 0 Å². The molecular weight excluding hydrogens is 144 g/mol. The van der Waals surface area contributed by atoms with Gasteiger partial charge in [-0.3, -0.25) is 0 Å². The molecule has 0 heterocycles. The van der Waals surface area contributed by atoms with Crippen LogP contribution in [0.5, 0.6) is 0 Å². The highest BCUT2D eigenvalue weighted by molar-refractivity contribution is 5.53. The van der Waals surface area contributed by atoms with E-state index in [2.05, 4.69) is 41.2 Å². The molecule has 0 amide bonds. The van der Waals surface area contributed by atoms with E-state index in [4.69, 9.17) is 0 Å². The van der Waals surface area contributed by atoms with Gasteiger partial charge in [-0.25, -0.2) is 0 Å². The molecule has 0 nitrogen and oxygen atoms in total. The van der Waals surface area contributed by atoms with Gasteiger partial charge >= 0.3 is 0 Å². The molecule has 12 heavy (non-hydrogen) atoms. The SMILES string of the molecule is C=CC1=C(C)C(C)=C(C)C1(C)C. The maximum Gasteiger partial charge on any atom is 0.0111 e. The highest BCUT2D eigenvalue weighted by Crippen LogP contribution is 2.46. The molecule has 1 aliphatic rings. The van der Waals surface area contributed by atoms with Crippen molar-refractivity contribution in [2.45, 2.75) is 34.6 Å². The first-order valence-electron chi connectivity index (χ1n) is 4.45. The molecule has 0 unspecified atom stereocenters. The molecule has 1 rings (SSSR count). The minimum atomic E-state index is 0.204. The van der Waals surface area contributed by atoms with Crippen LogP contribution in [-0.2, 0) is 0 Å². The van der Waals surface area contributed by atoms with E-state index in [0.29, 0.717) is 0 Å². The lowest BCUT2D eigenvalue weighted by atomic mass is 9.81. The van der Waals surface area contributed by atoms with Gasteiger partial charge in [0.15, 0.2) is 0 Å². The van der Waals surface area contributed by atoms with Crippen LogP contribution in [0, 0.1) is 5.41 Å². The van der Waals surface area contributed by atoms with Crippen molar-refractivity contribution in [1.82, 2.24) is 0 Å². The Kier molecular flexibility index (Phi) is 2.03. The summed E-state index contributed by atoms with van der Waals surface area (Å²) in [5.41, 5.74) is 5.92. The molecule has 0 fully saturated rings. The Labute approximate surface area is 75.7 Å². The van der Waals surface area contributed by atoms with Gasteiger partial charge in [-0.1, -0.05) is 32.1 Å². The molecule has 0 atom stereocenters. The van der Waals surface area contributed by atoms with Gasteiger partial charge in [0.25, 0.3) is 0 Å². The minimum Gasteiger partial charge on any atom is -0.0987 e. The summed E-state index contributed by atoms with van der Waals surface area (Å²) >= 11 is 0. The van der Waals surface area contributed by atoms with Crippen molar-refractivity contribution in [2.75, 3.05) is 0 Å². The van der Waals surface area contributed by atoms with Crippen LogP contribution in [0.25, 0.3) is 0 Å². The van der Waals surface area contributed by atoms with Crippen molar-refractivity contribution in [3.05, 3.63) is 34.9 Å². The fraction of sp³-hybridized carbons (Fsp3) is 0.500. The van der Waals surface area contributed by atoms with Gasteiger partial charge in [-0.15, -0.1) is 0 Å². The topological polar surface area (TPSA) is 0 Å². The molecule has 0 aromatic rings. The van der Waals surface area contributed by atoms with Crippen molar-refractivity contribution >= 4 is 0 Å². The molecular formula is C12H18. The summed E-state index contributed by atoms with van der Waals surface area (Å²) in [6.07, 6.45) is 2.00. The van der Waals surface area contributed by atoms with E-state index in [1.807, 2.05) is 6.08 Å². The van der Waals surface area contributed by atoms with Gasteiger partial charge in [0.2, 0.25) is 0 Å². The van der Waals surface area contributed by atoms with Crippen molar-refractivity contribution in [2.24, 2.45) is 5.41 Å². The molecule has 0 bridgehead atoms. The highest BCUT2D eigenvalue weighted by Gasteiger charge is 2.32. The Morgan fingerprint density at radius 2 is 1.58 bits per heavy atom. The first-order chi connectivity index (χ1) is 5.42. The van der Waals surface area contributed by atoms with Crippen molar-refractivity contribution in [3.8, 4) is 0 Å². The minimum absolute atomic E-state index is 0.204. The fourth-order valence-electron chi connectivity index (χ4n) is 2.03. The second-order valence-electron chi connectivity index (χ2n) is 4.12. The van der Waals surface area contributed by atoms with Crippen LogP contribution >= 0.6 is 0 Å². The average molecular weight is 162 g/mol. The first-order valence-corrected chi connectivity index (χ1v) is 4.45. The smallest absolute Gasteiger partial charge is 0.0111 e. The lowest BCUT2D eigenvalue weighted by Crippen LogP contribution is -2.11. The molecule has 66 valence electrons. The Hall–Kier alpha value is -0.780. The first kappa shape index (κ1) is 9.31. The standard InChI is InChI=1S/C12H18/c1-7-11-9(3)8(2)10(4)12(11,5)6/h7H,1H2,2-6H3. The molecule has 0 spiro atoms. The van der Waals surface area contributed by atoms with E-state index >= 15 is 0 Å². The molecule has 1 aliphatic carbocycles. The predicted molar refractivity (Wildman–Crippen MR) is 55.1 cm³/mol. The van der Waals surface area contributed by atoms with Gasteiger partial charge in [0.05, 0.1) is 0 Å². The van der Waals surface area contributed by atoms with E-state index in [0.717, 1.165) is 0 Å². The molecule has 0 aromatic carbocycles. The number of hydrogen-bond donors (Lipinski definition) is 0. The molecule has 0 aromatic heterocycles. The zero-order chi connectivity index (χ0) is 9.52. The molecule has 0 aliphatic heterocycles. The third-order valence-electron chi connectivity index (χ3n) is 3.34. The Bertz CT molecular complexity index is 285. The number of allylic oxidation sites excluding steroid dienone is 5. The van der Waals surface area contributed by atoms with Gasteiger partial charge in [0, 0.05) is 5.41 Å². The predicted octanol–water partition coefficient (Wildman–Crippen LogP) is 3.87. The van der Waals surface area contributed by atoms with E-state index < -0.39 is 0 Å². The van der Waals surface area contributed by atoms with E-state index in [1.165, 1.54) is 22.3 Å². The third kappa shape index (κ3) is 0.979. The molecule has 0 N–H and O–H groups in total. The van der Waals surface area contributed by atoms with Crippen LogP contribution in [0.15, 0.2) is 34.9 Å². The summed E-state index contributed by atoms with van der Waals surface area (Å²) in [7, 11) is 0. The Morgan fingerprint density at radius 3 is 1.75 bits per heavy atom. The maximum atomic E-state index is 3.87. The fourth-order valence-corrected chi connectivity index (χ4v) is 2.03. The van der Waals surface area contributed by atoms with Crippen LogP contribution in [0.2, 0.25) is 0 Å².